The Kier molecular flexibility index (Phi) is 7.29. The topological polar surface area (TPSA) is 101 Å². The molecular weight excluding hydrogens is 514 g/mol. The number of pyridine rings is 1. The number of anilines is 3. The summed E-state index contributed by atoms with van der Waals surface area (Å²) >= 11 is 0. The largest absolute Gasteiger partial charge is 0.445 e. The molecule has 4 aromatic rings. The van der Waals surface area contributed by atoms with Crippen molar-refractivity contribution in [3.05, 3.63) is 108 Å². The van der Waals surface area contributed by atoms with E-state index in [-0.39, 0.29) is 24.0 Å². The van der Waals surface area contributed by atoms with Crippen LogP contribution in [0.15, 0.2) is 97.2 Å². The highest BCUT2D eigenvalue weighted by Gasteiger charge is 2.45. The maximum absolute atomic E-state index is 13.0. The molecule has 2 amide bonds. The molecule has 208 valence electrons. The molecule has 0 aliphatic carbocycles. The van der Waals surface area contributed by atoms with Gasteiger partial charge in [0.1, 0.15) is 12.4 Å². The molecule has 8 nitrogen and oxygen atoms in total. The fourth-order valence-corrected chi connectivity index (χ4v) is 5.74. The molecule has 6 rings (SSSR count). The molecule has 8 heteroatoms. The zero-order chi connectivity index (χ0) is 28.2. The van der Waals surface area contributed by atoms with Gasteiger partial charge in [-0.2, -0.15) is 0 Å². The van der Waals surface area contributed by atoms with E-state index in [1.165, 1.54) is 0 Å². The zero-order valence-corrected chi connectivity index (χ0v) is 22.8. The van der Waals surface area contributed by atoms with Crippen molar-refractivity contribution >= 4 is 29.2 Å². The van der Waals surface area contributed by atoms with E-state index in [0.717, 1.165) is 48.4 Å². The Bertz CT molecular complexity index is 1530. The molecule has 41 heavy (non-hydrogen) atoms. The van der Waals surface area contributed by atoms with Crippen molar-refractivity contribution in [3.63, 3.8) is 0 Å². The number of hydrogen-bond donors (Lipinski definition) is 2. The standard InChI is InChI=1S/C33H33N5O3/c34-28-13-11-26(25-9-5-2-6-10-25)19-29(28)36-31(39)27-12-14-30(35-20-27)37-17-15-33(22-37)16-18-38(23-33)32(40)41-21-24-7-3-1-4-8-24/h1-14,19-20H,15-18,21-23,34H2,(H,36,39). The van der Waals surface area contributed by atoms with Gasteiger partial charge in [-0.05, 0) is 53.8 Å². The van der Waals surface area contributed by atoms with Crippen LogP contribution in [-0.4, -0.2) is 48.1 Å². The Morgan fingerprint density at radius 2 is 1.63 bits per heavy atom. The fraction of sp³-hybridized carbons (Fsp3) is 0.242. The SMILES string of the molecule is Nc1ccc(-c2ccccc2)cc1NC(=O)c1ccc(N2CCC3(CCN(C(=O)OCc4ccccc4)C3)C2)nc1. The highest BCUT2D eigenvalue weighted by atomic mass is 16.6. The number of hydrogen-bond acceptors (Lipinski definition) is 6. The monoisotopic (exact) mass is 547 g/mol. The Morgan fingerprint density at radius 1 is 0.878 bits per heavy atom. The summed E-state index contributed by atoms with van der Waals surface area (Å²) < 4.78 is 5.56. The summed E-state index contributed by atoms with van der Waals surface area (Å²) in [4.78, 5) is 34.4. The van der Waals surface area contributed by atoms with Gasteiger partial charge in [0.15, 0.2) is 0 Å². The third kappa shape index (κ3) is 5.87. The molecule has 2 aliphatic rings. The predicted molar refractivity (Wildman–Crippen MR) is 161 cm³/mol. The second kappa shape index (κ2) is 11.3. The highest BCUT2D eigenvalue weighted by molar-refractivity contribution is 6.06. The van der Waals surface area contributed by atoms with Crippen LogP contribution in [0.25, 0.3) is 11.1 Å². The fourth-order valence-electron chi connectivity index (χ4n) is 5.74. The molecule has 3 aromatic carbocycles. The van der Waals surface area contributed by atoms with Gasteiger partial charge < -0.3 is 25.6 Å². The molecule has 1 unspecified atom stereocenters. The van der Waals surface area contributed by atoms with E-state index in [2.05, 4.69) is 15.2 Å². The number of nitrogen functional groups attached to an aromatic ring is 1. The van der Waals surface area contributed by atoms with E-state index in [0.29, 0.717) is 30.0 Å². The molecule has 2 saturated heterocycles. The number of nitrogens with zero attached hydrogens (tertiary/aromatic N) is 3. The number of aromatic nitrogens is 1. The molecule has 2 aliphatic heterocycles. The van der Waals surface area contributed by atoms with Gasteiger partial charge in [0.25, 0.3) is 5.91 Å². The van der Waals surface area contributed by atoms with Crippen molar-refractivity contribution in [1.29, 1.82) is 0 Å². The van der Waals surface area contributed by atoms with Crippen LogP contribution in [0.5, 0.6) is 0 Å². The molecule has 3 heterocycles. The quantitative estimate of drug-likeness (QED) is 0.295. The Hall–Kier alpha value is -4.85. The highest BCUT2D eigenvalue weighted by Crippen LogP contribution is 2.41. The number of nitrogens with two attached hydrogens (primary N) is 1. The smallest absolute Gasteiger partial charge is 0.410 e. The van der Waals surface area contributed by atoms with E-state index < -0.39 is 0 Å². The number of benzene rings is 3. The lowest BCUT2D eigenvalue weighted by atomic mass is 9.86. The van der Waals surface area contributed by atoms with E-state index >= 15 is 0 Å². The molecule has 1 aromatic heterocycles. The van der Waals surface area contributed by atoms with Gasteiger partial charge in [-0.1, -0.05) is 66.7 Å². The minimum atomic E-state index is -0.265. The van der Waals surface area contributed by atoms with Gasteiger partial charge in [-0.15, -0.1) is 0 Å². The summed E-state index contributed by atoms with van der Waals surface area (Å²) in [6.45, 7) is 3.33. The van der Waals surface area contributed by atoms with Gasteiger partial charge in [-0.3, -0.25) is 4.79 Å². The van der Waals surface area contributed by atoms with Gasteiger partial charge in [-0.25, -0.2) is 9.78 Å². The second-order valence-corrected chi connectivity index (χ2v) is 10.9. The van der Waals surface area contributed by atoms with Crippen molar-refractivity contribution in [2.75, 3.05) is 42.1 Å². The summed E-state index contributed by atoms with van der Waals surface area (Å²) in [5.41, 5.74) is 10.7. The third-order valence-corrected chi connectivity index (χ3v) is 8.08. The molecule has 0 bridgehead atoms. The minimum Gasteiger partial charge on any atom is -0.445 e. The van der Waals surface area contributed by atoms with Crippen LogP contribution in [0.4, 0.5) is 22.0 Å². The first kappa shape index (κ1) is 26.4. The number of likely N-dealkylation sites (tertiary alicyclic amines) is 1. The number of nitrogens with one attached hydrogen (secondary N) is 1. The number of amides is 2. The van der Waals surface area contributed by atoms with Crippen molar-refractivity contribution in [3.8, 4) is 11.1 Å². The van der Waals surface area contributed by atoms with E-state index in [4.69, 9.17) is 10.5 Å². The van der Waals surface area contributed by atoms with Gasteiger partial charge >= 0.3 is 6.09 Å². The number of carbonyl (C=O) groups excluding carboxylic acids is 2. The van der Waals surface area contributed by atoms with Crippen molar-refractivity contribution in [1.82, 2.24) is 9.88 Å². The van der Waals surface area contributed by atoms with E-state index in [9.17, 15) is 9.59 Å². The molecule has 0 saturated carbocycles. The Morgan fingerprint density at radius 3 is 2.39 bits per heavy atom. The van der Waals surface area contributed by atoms with Crippen LogP contribution in [0.3, 0.4) is 0 Å². The third-order valence-electron chi connectivity index (χ3n) is 8.08. The van der Waals surface area contributed by atoms with E-state index in [1.807, 2.05) is 83.8 Å². The van der Waals surface area contributed by atoms with E-state index in [1.54, 1.807) is 18.3 Å². The molecule has 1 atom stereocenters. The number of ether oxygens (including phenoxy) is 1. The number of rotatable bonds is 6. The first-order valence-corrected chi connectivity index (χ1v) is 13.9. The molecular formula is C33H33N5O3. The molecule has 3 N–H and O–H groups in total. The second-order valence-electron chi connectivity index (χ2n) is 10.9. The van der Waals surface area contributed by atoms with Crippen LogP contribution in [-0.2, 0) is 11.3 Å². The molecule has 0 radical (unpaired) electrons. The lowest BCUT2D eigenvalue weighted by Gasteiger charge is -2.25. The lowest BCUT2D eigenvalue weighted by molar-refractivity contribution is 0.100. The van der Waals surface area contributed by atoms with Crippen LogP contribution in [0.2, 0.25) is 0 Å². The predicted octanol–water partition coefficient (Wildman–Crippen LogP) is 5.82. The number of carbonyl (C=O) groups is 2. The van der Waals surface area contributed by atoms with Crippen LogP contribution >= 0.6 is 0 Å². The van der Waals surface area contributed by atoms with Crippen molar-refractivity contribution in [2.45, 2.75) is 19.4 Å². The Balaban J connectivity index is 1.05. The first-order chi connectivity index (χ1) is 20.0. The average molecular weight is 548 g/mol. The summed E-state index contributed by atoms with van der Waals surface area (Å²) in [6, 6.07) is 29.0. The van der Waals surface area contributed by atoms with Crippen molar-refractivity contribution in [2.24, 2.45) is 5.41 Å². The van der Waals surface area contributed by atoms with Gasteiger partial charge in [0.05, 0.1) is 16.9 Å². The maximum Gasteiger partial charge on any atom is 0.410 e. The van der Waals surface area contributed by atoms with Crippen LogP contribution in [0, 0.1) is 5.41 Å². The first-order valence-electron chi connectivity index (χ1n) is 13.9. The summed E-state index contributed by atoms with van der Waals surface area (Å²) in [5, 5.41) is 2.93. The average Bonchev–Trinajstić information content (AvgIpc) is 3.64. The Labute approximate surface area is 239 Å². The lowest BCUT2D eigenvalue weighted by Crippen LogP contribution is -2.34. The van der Waals surface area contributed by atoms with Crippen molar-refractivity contribution < 1.29 is 14.3 Å². The normalized spacial score (nSPS) is 18.0. The molecule has 2 fully saturated rings. The van der Waals surface area contributed by atoms with Crippen LogP contribution < -0.4 is 16.0 Å². The van der Waals surface area contributed by atoms with Crippen LogP contribution in [0.1, 0.15) is 28.8 Å². The maximum atomic E-state index is 13.0. The summed E-state index contributed by atoms with van der Waals surface area (Å²) in [7, 11) is 0. The zero-order valence-electron chi connectivity index (χ0n) is 22.8. The summed E-state index contributed by atoms with van der Waals surface area (Å²) in [6.07, 6.45) is 3.27. The van der Waals surface area contributed by atoms with Gasteiger partial charge in [0.2, 0.25) is 0 Å². The summed E-state index contributed by atoms with van der Waals surface area (Å²) in [5.74, 6) is 0.563. The minimum absolute atomic E-state index is 0.0325. The van der Waals surface area contributed by atoms with Gasteiger partial charge in [0, 0.05) is 37.8 Å². The molecule has 1 spiro atoms.